The van der Waals surface area contributed by atoms with Crippen LogP contribution in [0.5, 0.6) is 0 Å². The Hall–Kier alpha value is -2.41. The number of hydrogen-bond donors (Lipinski definition) is 4. The molecule has 0 spiro atoms. The Kier molecular flexibility index (Phi) is 3.87. The third kappa shape index (κ3) is 2.12. The Morgan fingerprint density at radius 3 is 2.72 bits per heavy atom. The maximum Gasteiger partial charge on any atom is 0.351 e. The van der Waals surface area contributed by atoms with Crippen molar-refractivity contribution in [1.29, 1.82) is 0 Å². The molecule has 0 aliphatic carbocycles. The van der Waals surface area contributed by atoms with Gasteiger partial charge in [-0.15, -0.1) is 0 Å². The van der Waals surface area contributed by atoms with Crippen molar-refractivity contribution in [1.82, 2.24) is 4.90 Å². The second-order valence-corrected chi connectivity index (χ2v) is 5.86. The summed E-state index contributed by atoms with van der Waals surface area (Å²) in [5.41, 5.74) is 1.64. The van der Waals surface area contributed by atoms with E-state index >= 15 is 0 Å². The fraction of sp³-hybridized carbons (Fsp3) is 0.615. The van der Waals surface area contributed by atoms with Crippen molar-refractivity contribution in [3.8, 4) is 0 Å². The Labute approximate surface area is 141 Å². The molecule has 0 aromatic rings. The molecule has 12 nitrogen and oxygen atoms in total. The number of fused-ring (bicyclic) bond motifs is 1. The van der Waals surface area contributed by atoms with Crippen molar-refractivity contribution in [3.63, 3.8) is 0 Å². The normalized spacial score (nSPS) is 40.0. The second-order valence-electron chi connectivity index (χ2n) is 5.86. The number of nitrogens with zero attached hydrogens (tertiary/aromatic N) is 4. The van der Waals surface area contributed by atoms with Crippen molar-refractivity contribution in [3.05, 3.63) is 0 Å². The number of amides is 1. The predicted molar refractivity (Wildman–Crippen MR) is 81.5 cm³/mol. The average molecular weight is 355 g/mol. The minimum absolute atomic E-state index is 0.274. The molecule has 136 valence electrons. The van der Waals surface area contributed by atoms with Crippen LogP contribution in [-0.4, -0.2) is 93.5 Å². The number of ether oxygens (including phenoxy) is 2. The standard InChI is InChI=1S/C13H17N5O7/c1-12(7(21)6(20)5(3-19)25-12)18-4-15-13(10(23)24-2)8(18)16-11(14)17-9(13)22/h4-7,19-21H,3H2,1-2H3,(H2,14,17,22)/t5-,6-,7-,12-,13?/m1/s1. The Morgan fingerprint density at radius 2 is 2.16 bits per heavy atom. The summed E-state index contributed by atoms with van der Waals surface area (Å²) in [5.74, 6) is -2.73. The monoisotopic (exact) mass is 355 g/mol. The van der Waals surface area contributed by atoms with Crippen LogP contribution in [0.3, 0.4) is 0 Å². The van der Waals surface area contributed by atoms with Crippen LogP contribution in [0, 0.1) is 0 Å². The van der Waals surface area contributed by atoms with Crippen LogP contribution in [0.2, 0.25) is 0 Å². The molecular weight excluding hydrogens is 338 g/mol. The number of amidine groups is 1. The quantitative estimate of drug-likeness (QED) is 0.293. The van der Waals surface area contributed by atoms with E-state index in [0.717, 1.165) is 18.3 Å². The molecule has 0 saturated carbocycles. The van der Waals surface area contributed by atoms with Crippen molar-refractivity contribution in [2.45, 2.75) is 36.5 Å². The van der Waals surface area contributed by atoms with Gasteiger partial charge in [0.05, 0.1) is 20.1 Å². The van der Waals surface area contributed by atoms with Crippen LogP contribution in [0.25, 0.3) is 0 Å². The van der Waals surface area contributed by atoms with Gasteiger partial charge in [-0.05, 0) is 6.92 Å². The first kappa shape index (κ1) is 17.4. The molecule has 5 atom stereocenters. The lowest BCUT2D eigenvalue weighted by Gasteiger charge is -2.38. The number of aliphatic imine (C=N–C) groups is 3. The van der Waals surface area contributed by atoms with E-state index in [9.17, 15) is 24.9 Å². The van der Waals surface area contributed by atoms with E-state index in [0.29, 0.717) is 0 Å². The third-order valence-electron chi connectivity index (χ3n) is 4.45. The summed E-state index contributed by atoms with van der Waals surface area (Å²) in [4.78, 5) is 37.0. The summed E-state index contributed by atoms with van der Waals surface area (Å²) in [6.45, 7) is 0.820. The smallest absolute Gasteiger partial charge is 0.351 e. The van der Waals surface area contributed by atoms with Gasteiger partial charge in [0.1, 0.15) is 18.3 Å². The summed E-state index contributed by atoms with van der Waals surface area (Å²) in [7, 11) is 1.07. The molecule has 1 unspecified atom stereocenters. The number of rotatable bonds is 3. The molecule has 1 amide bonds. The highest BCUT2D eigenvalue weighted by molar-refractivity contribution is 6.36. The van der Waals surface area contributed by atoms with Crippen molar-refractivity contribution >= 4 is 30.0 Å². The van der Waals surface area contributed by atoms with Gasteiger partial charge < -0.3 is 30.5 Å². The van der Waals surface area contributed by atoms with Crippen LogP contribution < -0.4 is 5.73 Å². The van der Waals surface area contributed by atoms with Crippen LogP contribution in [0.15, 0.2) is 15.0 Å². The van der Waals surface area contributed by atoms with E-state index in [1.165, 1.54) is 6.92 Å². The van der Waals surface area contributed by atoms with Gasteiger partial charge in [-0.3, -0.25) is 9.69 Å². The van der Waals surface area contributed by atoms with Gasteiger partial charge in [0.2, 0.25) is 5.96 Å². The minimum Gasteiger partial charge on any atom is -0.466 e. The van der Waals surface area contributed by atoms with Gasteiger partial charge in [0, 0.05) is 0 Å². The van der Waals surface area contributed by atoms with E-state index in [2.05, 4.69) is 19.7 Å². The van der Waals surface area contributed by atoms with Gasteiger partial charge in [0.15, 0.2) is 11.6 Å². The molecule has 3 aliphatic heterocycles. The van der Waals surface area contributed by atoms with Crippen LogP contribution >= 0.6 is 0 Å². The lowest BCUT2D eigenvalue weighted by atomic mass is 9.95. The summed E-state index contributed by atoms with van der Waals surface area (Å²) in [5, 5.41) is 29.7. The van der Waals surface area contributed by atoms with Gasteiger partial charge in [-0.25, -0.2) is 9.79 Å². The Balaban J connectivity index is 2.09. The van der Waals surface area contributed by atoms with E-state index in [4.69, 9.17) is 10.5 Å². The highest BCUT2D eigenvalue weighted by atomic mass is 16.6. The van der Waals surface area contributed by atoms with Crippen molar-refractivity contribution < 1.29 is 34.4 Å². The zero-order chi connectivity index (χ0) is 18.6. The van der Waals surface area contributed by atoms with E-state index < -0.39 is 54.0 Å². The summed E-state index contributed by atoms with van der Waals surface area (Å²) in [6.07, 6.45) is -2.96. The summed E-state index contributed by atoms with van der Waals surface area (Å²) in [6, 6.07) is 0. The van der Waals surface area contributed by atoms with Crippen LogP contribution in [-0.2, 0) is 19.1 Å². The molecule has 3 heterocycles. The number of guanidine groups is 1. The number of hydrogen-bond acceptors (Lipinski definition) is 11. The number of carbonyl (C=O) groups is 2. The van der Waals surface area contributed by atoms with E-state index in [1.807, 2.05) is 0 Å². The lowest BCUT2D eigenvalue weighted by Crippen LogP contribution is -2.63. The molecule has 3 rings (SSSR count). The molecule has 0 aromatic carbocycles. The maximum atomic E-state index is 12.4. The SMILES string of the molecule is COC(=O)C12N=CN([C@]3(C)O[C@H](CO)[C@@H](O)[C@H]3O)C1=NC(N)=NC2=O. The molecule has 3 aliphatic rings. The van der Waals surface area contributed by atoms with Crippen LogP contribution in [0.4, 0.5) is 0 Å². The fourth-order valence-corrected chi connectivity index (χ4v) is 3.05. The molecule has 1 saturated heterocycles. The molecule has 5 N–H and O–H groups in total. The topological polar surface area (TPSA) is 180 Å². The van der Waals surface area contributed by atoms with Crippen LogP contribution in [0.1, 0.15) is 6.92 Å². The lowest BCUT2D eigenvalue weighted by molar-refractivity contribution is -0.148. The van der Waals surface area contributed by atoms with Crippen molar-refractivity contribution in [2.24, 2.45) is 20.7 Å². The average Bonchev–Trinajstić information content (AvgIpc) is 3.07. The first-order valence-electron chi connectivity index (χ1n) is 7.28. The molecular formula is C13H17N5O7. The molecule has 0 aromatic heterocycles. The highest BCUT2D eigenvalue weighted by Gasteiger charge is 2.65. The maximum absolute atomic E-state index is 12.4. The second kappa shape index (κ2) is 5.56. The number of aliphatic hydroxyl groups is 3. The van der Waals surface area contributed by atoms with Gasteiger partial charge >= 0.3 is 5.97 Å². The minimum atomic E-state index is -2.20. The Morgan fingerprint density at radius 1 is 1.48 bits per heavy atom. The number of aliphatic hydroxyl groups excluding tert-OH is 3. The molecule has 0 bridgehead atoms. The first-order valence-corrected chi connectivity index (χ1v) is 7.28. The number of esters is 1. The first-order chi connectivity index (χ1) is 11.7. The number of methoxy groups -OCH3 is 1. The van der Waals surface area contributed by atoms with Crippen molar-refractivity contribution in [2.75, 3.05) is 13.7 Å². The number of nitrogens with two attached hydrogens (primary N) is 1. The highest BCUT2D eigenvalue weighted by Crippen LogP contribution is 2.39. The van der Waals surface area contributed by atoms with Gasteiger partial charge in [-0.1, -0.05) is 0 Å². The fourth-order valence-electron chi connectivity index (χ4n) is 3.05. The van der Waals surface area contributed by atoms with E-state index in [-0.39, 0.29) is 5.84 Å². The largest absolute Gasteiger partial charge is 0.466 e. The Bertz CT molecular complexity index is 722. The zero-order valence-electron chi connectivity index (χ0n) is 13.4. The predicted octanol–water partition coefficient (Wildman–Crippen LogP) is -3.68. The number of carbonyl (C=O) groups excluding carboxylic acids is 2. The molecule has 25 heavy (non-hydrogen) atoms. The van der Waals surface area contributed by atoms with Gasteiger partial charge in [-0.2, -0.15) is 9.98 Å². The molecule has 12 heteroatoms. The molecule has 0 radical (unpaired) electrons. The zero-order valence-corrected chi connectivity index (χ0v) is 13.4. The van der Waals surface area contributed by atoms with Gasteiger partial charge in [0.25, 0.3) is 11.4 Å². The van der Waals surface area contributed by atoms with E-state index in [1.54, 1.807) is 0 Å². The molecule has 1 fully saturated rings. The third-order valence-corrected chi connectivity index (χ3v) is 4.45. The summed E-state index contributed by atoms with van der Waals surface area (Å²) < 4.78 is 10.2. The summed E-state index contributed by atoms with van der Waals surface area (Å²) >= 11 is 0.